The van der Waals surface area contributed by atoms with E-state index in [2.05, 4.69) is 283 Å². The molecule has 8 aromatic carbocycles. The molecule has 2 atom stereocenters. The van der Waals surface area contributed by atoms with Crippen LogP contribution in [0, 0.1) is 0 Å². The number of benzene rings is 8. The van der Waals surface area contributed by atoms with Crippen LogP contribution in [0.2, 0.25) is 0 Å². The zero-order valence-electron chi connectivity index (χ0n) is 43.7. The van der Waals surface area contributed by atoms with Gasteiger partial charge in [-0.25, -0.2) is 0 Å². The maximum Gasteiger partial charge on any atom is 0.210 e. The second kappa shape index (κ2) is 16.5. The number of rotatable bonds is 8. The molecule has 0 saturated heterocycles. The third-order valence-electron chi connectivity index (χ3n) is 17.6. The summed E-state index contributed by atoms with van der Waals surface area (Å²) < 4.78 is 4.79. The smallest absolute Gasteiger partial charge is 0.210 e. The highest BCUT2D eigenvalue weighted by Gasteiger charge is 2.47. The third kappa shape index (κ3) is 6.64. The molecule has 2 unspecified atom stereocenters. The van der Waals surface area contributed by atoms with Gasteiger partial charge in [0.15, 0.2) is 11.4 Å². The first-order valence-corrected chi connectivity index (χ1v) is 25.8. The molecular weight excluding hydrogens is 873 g/mol. The Morgan fingerprint density at radius 2 is 0.792 bits per heavy atom. The van der Waals surface area contributed by atoms with E-state index in [4.69, 9.17) is 0 Å². The number of nitrogens with zero attached hydrogens (tertiary/aromatic N) is 4. The largest absolute Gasteiger partial charge is 0.347 e. The summed E-state index contributed by atoms with van der Waals surface area (Å²) in [5.41, 5.74) is 17.8. The lowest BCUT2D eigenvalue weighted by Crippen LogP contribution is -2.29. The molecule has 0 fully saturated rings. The van der Waals surface area contributed by atoms with Crippen LogP contribution in [0.4, 0.5) is 22.7 Å². The number of para-hydroxylation sites is 2. The molecule has 4 heteroatoms. The Morgan fingerprint density at radius 1 is 0.417 bits per heavy atom. The quantitative estimate of drug-likeness (QED) is 0.141. The van der Waals surface area contributed by atoms with Crippen LogP contribution in [0.3, 0.4) is 0 Å². The zero-order chi connectivity index (χ0) is 49.9. The molecule has 0 saturated carbocycles. The maximum atomic E-state index is 2.46. The average Bonchev–Trinajstić information content (AvgIpc) is 3.90. The molecular formula is C68H66N4+2. The van der Waals surface area contributed by atoms with E-state index in [9.17, 15) is 0 Å². The number of hydrogen-bond donors (Lipinski definition) is 0. The van der Waals surface area contributed by atoms with Gasteiger partial charge in [-0.3, -0.25) is 0 Å². The lowest BCUT2D eigenvalue weighted by atomic mass is 9.74. The Bertz CT molecular complexity index is 3550. The third-order valence-corrected chi connectivity index (χ3v) is 17.6. The van der Waals surface area contributed by atoms with Crippen LogP contribution in [0.25, 0.3) is 32.3 Å². The Labute approximate surface area is 426 Å². The van der Waals surface area contributed by atoms with Gasteiger partial charge >= 0.3 is 0 Å². The fraction of sp³-hybridized carbons (Fsp3) is 0.235. The highest BCUT2D eigenvalue weighted by molar-refractivity contribution is 6.09. The van der Waals surface area contributed by atoms with Gasteiger partial charge in [-0.1, -0.05) is 133 Å². The Balaban J connectivity index is 0.887. The van der Waals surface area contributed by atoms with E-state index in [1.165, 1.54) is 111 Å². The summed E-state index contributed by atoms with van der Waals surface area (Å²) in [6.07, 6.45) is 15.8. The monoisotopic (exact) mass is 939 g/mol. The van der Waals surface area contributed by atoms with Gasteiger partial charge in [0.05, 0.1) is 10.8 Å². The van der Waals surface area contributed by atoms with Crippen molar-refractivity contribution in [2.24, 2.45) is 0 Å². The van der Waals surface area contributed by atoms with Crippen molar-refractivity contribution in [3.63, 3.8) is 0 Å². The van der Waals surface area contributed by atoms with Crippen molar-refractivity contribution in [2.45, 2.75) is 76.0 Å². The molecule has 0 aliphatic carbocycles. The second-order valence-electron chi connectivity index (χ2n) is 22.4. The predicted octanol–water partition coefficient (Wildman–Crippen LogP) is 15.3. The lowest BCUT2D eigenvalue weighted by molar-refractivity contribution is -0.401. The summed E-state index contributed by atoms with van der Waals surface area (Å²) in [5.74, 6) is 0. The summed E-state index contributed by atoms with van der Waals surface area (Å²) in [7, 11) is 8.94. The van der Waals surface area contributed by atoms with Crippen molar-refractivity contribution in [3.05, 3.63) is 239 Å². The summed E-state index contributed by atoms with van der Waals surface area (Å²) in [6.45, 7) is 14.4. The highest BCUT2D eigenvalue weighted by Crippen LogP contribution is 2.52. The molecule has 0 radical (unpaired) electrons. The number of allylic oxidation sites excluding steroid dienone is 8. The van der Waals surface area contributed by atoms with Crippen LogP contribution in [-0.4, -0.2) is 48.8 Å². The van der Waals surface area contributed by atoms with Gasteiger partial charge in [0.1, 0.15) is 14.1 Å². The molecule has 12 rings (SSSR count). The van der Waals surface area contributed by atoms with Gasteiger partial charge in [0.2, 0.25) is 11.4 Å². The van der Waals surface area contributed by atoms with Crippen molar-refractivity contribution >= 4 is 66.5 Å². The van der Waals surface area contributed by atoms with Crippen LogP contribution in [0.15, 0.2) is 206 Å². The van der Waals surface area contributed by atoms with E-state index in [1.807, 2.05) is 0 Å². The first kappa shape index (κ1) is 45.6. The van der Waals surface area contributed by atoms with Gasteiger partial charge < -0.3 is 9.80 Å². The van der Waals surface area contributed by atoms with Crippen LogP contribution in [0.1, 0.15) is 74.9 Å². The summed E-state index contributed by atoms with van der Waals surface area (Å²) >= 11 is 0. The van der Waals surface area contributed by atoms with Crippen LogP contribution < -0.4 is 9.80 Å². The molecule has 0 bridgehead atoms. The van der Waals surface area contributed by atoms with Crippen LogP contribution in [-0.2, 0) is 34.5 Å². The average molecular weight is 939 g/mol. The fourth-order valence-electron chi connectivity index (χ4n) is 14.1. The SMILES string of the molecule is CN1C(=CC=CC2=[N+](C)c3ccc4ccccc4c3C2(C)C)C(C)(Cc2cccc3c(CC4(C)C(=CC=CC5=[N+](C)c6ccc7ccccc7c6C5(C)C)N(C)c5ccccc54)cccc23)c2ccccc21. The molecule has 8 aromatic rings. The van der Waals surface area contributed by atoms with Gasteiger partial charge in [-0.05, 0) is 145 Å². The Kier molecular flexibility index (Phi) is 10.4. The summed E-state index contributed by atoms with van der Waals surface area (Å²) in [6, 6.07) is 58.8. The number of fused-ring (bicyclic) bond motifs is 9. The van der Waals surface area contributed by atoms with Gasteiger partial charge in [-0.15, -0.1) is 0 Å². The molecule has 4 nitrogen and oxygen atoms in total. The molecule has 4 heterocycles. The molecule has 0 spiro atoms. The van der Waals surface area contributed by atoms with E-state index < -0.39 is 0 Å². The van der Waals surface area contributed by atoms with E-state index in [-0.39, 0.29) is 21.7 Å². The highest BCUT2D eigenvalue weighted by atomic mass is 15.2. The lowest BCUT2D eigenvalue weighted by Gasteiger charge is -2.31. The van der Waals surface area contributed by atoms with Crippen LogP contribution >= 0.6 is 0 Å². The fourth-order valence-corrected chi connectivity index (χ4v) is 14.1. The Morgan fingerprint density at radius 3 is 1.22 bits per heavy atom. The van der Waals surface area contributed by atoms with Gasteiger partial charge in [0, 0.05) is 83.1 Å². The first-order chi connectivity index (χ1) is 34.6. The van der Waals surface area contributed by atoms with E-state index in [0.717, 1.165) is 12.8 Å². The zero-order valence-corrected chi connectivity index (χ0v) is 43.7. The summed E-state index contributed by atoms with van der Waals surface area (Å²) in [4.78, 5) is 4.85. The number of hydrogen-bond acceptors (Lipinski definition) is 2. The van der Waals surface area contributed by atoms with E-state index in [0.29, 0.717) is 0 Å². The van der Waals surface area contributed by atoms with Crippen molar-refractivity contribution in [1.82, 2.24) is 0 Å². The van der Waals surface area contributed by atoms with Crippen molar-refractivity contribution in [3.8, 4) is 0 Å². The standard InChI is InChI=1S/C68H66N4/c1-65(2)59(71(9)57-41-39-45-23-11-13-27-51(45)63(57)65)35-21-37-61-67(5,53-31-15-17-33-55(53)69(61)7)43-47-25-19-30-50-48(26-20-29-49(47)50)44-68(6)54-32-16-18-34-56(54)70(8)62(68)38-22-36-60-66(3,4)64-52-28-14-12-24-46(52)40-42-58(64)72(60)10/h11-42H,43-44H2,1-10H3/q+2. The van der Waals surface area contributed by atoms with E-state index >= 15 is 0 Å². The minimum Gasteiger partial charge on any atom is -0.347 e. The molecule has 356 valence electrons. The molecule has 0 amide bonds. The van der Waals surface area contributed by atoms with Crippen molar-refractivity contribution < 1.29 is 9.15 Å². The molecule has 72 heavy (non-hydrogen) atoms. The molecule has 0 aromatic heterocycles. The maximum absolute atomic E-state index is 2.46. The topological polar surface area (TPSA) is 12.5 Å². The second-order valence-corrected chi connectivity index (χ2v) is 22.4. The molecule has 4 aliphatic rings. The molecule has 0 N–H and O–H groups in total. The first-order valence-electron chi connectivity index (χ1n) is 25.8. The van der Waals surface area contributed by atoms with Crippen LogP contribution in [0.5, 0.6) is 0 Å². The summed E-state index contributed by atoms with van der Waals surface area (Å²) in [5, 5.41) is 7.91. The van der Waals surface area contributed by atoms with E-state index in [1.54, 1.807) is 0 Å². The predicted molar refractivity (Wildman–Crippen MR) is 306 cm³/mol. The van der Waals surface area contributed by atoms with Crippen molar-refractivity contribution in [1.29, 1.82) is 0 Å². The minimum atomic E-state index is -0.267. The molecule has 4 aliphatic heterocycles. The minimum absolute atomic E-state index is 0.152. The Hall–Kier alpha value is -7.56. The van der Waals surface area contributed by atoms with Gasteiger partial charge in [0.25, 0.3) is 0 Å². The normalized spacial score (nSPS) is 22.0. The van der Waals surface area contributed by atoms with Crippen molar-refractivity contribution in [2.75, 3.05) is 38.0 Å². The number of anilines is 2. The van der Waals surface area contributed by atoms with Gasteiger partial charge in [-0.2, -0.15) is 9.15 Å². The number of likely N-dealkylation sites (N-methyl/N-ethyl adjacent to an activating group) is 2.